The van der Waals surface area contributed by atoms with Gasteiger partial charge >= 0.3 is 5.97 Å². The number of nitrogens with one attached hydrogen (secondary N) is 1. The molecule has 0 aromatic heterocycles. The number of carboxylic acid groups (broad SMARTS) is 1. The highest BCUT2D eigenvalue weighted by Gasteiger charge is 2.38. The van der Waals surface area contributed by atoms with Crippen LogP contribution < -0.4 is 11.1 Å². The molecule has 1 heterocycles. The molecule has 108 valence electrons. The van der Waals surface area contributed by atoms with E-state index in [9.17, 15) is 19.1 Å². The normalized spacial score (nSPS) is 21.4. The lowest BCUT2D eigenvalue weighted by atomic mass is 9.87. The molecule has 0 saturated carbocycles. The first kappa shape index (κ1) is 14.6. The lowest BCUT2D eigenvalue weighted by Gasteiger charge is -2.22. The third-order valence-corrected chi connectivity index (χ3v) is 3.59. The zero-order valence-electron chi connectivity index (χ0n) is 10.9. The standard InChI is InChI=1S/C14H17FN2O3/c15-9-5-3-8(4-6-9)12(16)11(14(19)20)13(18)10-2-1-7-17-10/h3-6,10-12,17H,1-2,7,16H2,(H,19,20)/t10-,11?,12+/m0/s1. The van der Waals surface area contributed by atoms with Gasteiger partial charge in [-0.25, -0.2) is 4.39 Å². The number of nitrogens with two attached hydrogens (primary N) is 1. The van der Waals surface area contributed by atoms with E-state index in [4.69, 9.17) is 5.73 Å². The van der Waals surface area contributed by atoms with Crippen molar-refractivity contribution in [2.45, 2.75) is 24.9 Å². The Hall–Kier alpha value is -1.79. The van der Waals surface area contributed by atoms with Crippen LogP contribution in [0.4, 0.5) is 4.39 Å². The Kier molecular flexibility index (Phi) is 4.46. The summed E-state index contributed by atoms with van der Waals surface area (Å²) in [7, 11) is 0. The topological polar surface area (TPSA) is 92.4 Å². The van der Waals surface area contributed by atoms with Crippen molar-refractivity contribution in [2.24, 2.45) is 11.7 Å². The van der Waals surface area contributed by atoms with Gasteiger partial charge in [0.1, 0.15) is 11.7 Å². The van der Waals surface area contributed by atoms with Gasteiger partial charge in [0.15, 0.2) is 5.78 Å². The SMILES string of the molecule is N[C@H](c1ccc(F)cc1)C(C(=O)O)C(=O)[C@@H]1CCCN1. The fraction of sp³-hybridized carbons (Fsp3) is 0.429. The molecule has 3 atom stereocenters. The number of carbonyl (C=O) groups excluding carboxylic acids is 1. The van der Waals surface area contributed by atoms with Gasteiger partial charge < -0.3 is 16.2 Å². The maximum Gasteiger partial charge on any atom is 0.316 e. The number of hydrogen-bond acceptors (Lipinski definition) is 4. The molecule has 0 bridgehead atoms. The maximum atomic E-state index is 12.9. The molecule has 1 aliphatic rings. The number of hydrogen-bond donors (Lipinski definition) is 3. The molecule has 4 N–H and O–H groups in total. The predicted molar refractivity (Wildman–Crippen MR) is 70.5 cm³/mol. The lowest BCUT2D eigenvalue weighted by Crippen LogP contribution is -2.43. The van der Waals surface area contributed by atoms with Crippen LogP contribution in [0.5, 0.6) is 0 Å². The first-order valence-corrected chi connectivity index (χ1v) is 6.51. The van der Waals surface area contributed by atoms with Crippen LogP contribution in [-0.4, -0.2) is 29.4 Å². The molecule has 1 saturated heterocycles. The van der Waals surface area contributed by atoms with Crippen LogP contribution in [0.3, 0.4) is 0 Å². The highest BCUT2D eigenvalue weighted by atomic mass is 19.1. The smallest absolute Gasteiger partial charge is 0.316 e. The number of halogens is 1. The highest BCUT2D eigenvalue weighted by molar-refractivity contribution is 6.02. The molecular formula is C14H17FN2O3. The van der Waals surface area contributed by atoms with Crippen molar-refractivity contribution in [1.29, 1.82) is 0 Å². The minimum Gasteiger partial charge on any atom is -0.481 e. The van der Waals surface area contributed by atoms with Gasteiger partial charge in [-0.2, -0.15) is 0 Å². The summed E-state index contributed by atoms with van der Waals surface area (Å²) in [5.74, 6) is -3.42. The summed E-state index contributed by atoms with van der Waals surface area (Å²) in [6, 6.07) is 3.78. The number of Topliss-reactive ketones (excluding diaryl/α,β-unsaturated/α-hetero) is 1. The van der Waals surface area contributed by atoms with Gasteiger partial charge in [-0.15, -0.1) is 0 Å². The van der Waals surface area contributed by atoms with Crippen LogP contribution >= 0.6 is 0 Å². The summed E-state index contributed by atoms with van der Waals surface area (Å²) in [4.78, 5) is 23.6. The number of rotatable bonds is 5. The third-order valence-electron chi connectivity index (χ3n) is 3.59. The molecule has 1 aliphatic heterocycles. The molecule has 1 aromatic rings. The van der Waals surface area contributed by atoms with Crippen LogP contribution in [0.25, 0.3) is 0 Å². The zero-order chi connectivity index (χ0) is 14.7. The van der Waals surface area contributed by atoms with Gasteiger partial charge in [-0.3, -0.25) is 9.59 Å². The fourth-order valence-corrected chi connectivity index (χ4v) is 2.47. The van der Waals surface area contributed by atoms with E-state index in [1.54, 1.807) is 0 Å². The highest BCUT2D eigenvalue weighted by Crippen LogP contribution is 2.24. The second kappa shape index (κ2) is 6.11. The van der Waals surface area contributed by atoms with E-state index in [0.29, 0.717) is 18.5 Å². The van der Waals surface area contributed by atoms with Crippen molar-refractivity contribution < 1.29 is 19.1 Å². The molecule has 0 aliphatic carbocycles. The Labute approximate surface area is 116 Å². The molecule has 0 amide bonds. The van der Waals surface area contributed by atoms with E-state index >= 15 is 0 Å². The van der Waals surface area contributed by atoms with E-state index in [1.807, 2.05) is 0 Å². The van der Waals surface area contributed by atoms with Crippen molar-refractivity contribution in [2.75, 3.05) is 6.54 Å². The molecule has 20 heavy (non-hydrogen) atoms. The van der Waals surface area contributed by atoms with E-state index < -0.39 is 35.6 Å². The number of aliphatic carboxylic acids is 1. The predicted octanol–water partition coefficient (Wildman–Crippen LogP) is 0.847. The molecule has 5 nitrogen and oxygen atoms in total. The summed E-state index contributed by atoms with van der Waals surface area (Å²) >= 11 is 0. The molecule has 1 fully saturated rings. The molecule has 0 spiro atoms. The van der Waals surface area contributed by atoms with Crippen LogP contribution in [0.2, 0.25) is 0 Å². The average molecular weight is 280 g/mol. The van der Waals surface area contributed by atoms with E-state index in [-0.39, 0.29) is 0 Å². The Bertz CT molecular complexity index is 498. The summed E-state index contributed by atoms with van der Waals surface area (Å²) in [5, 5.41) is 12.3. The number of ketones is 1. The Morgan fingerprint density at radius 1 is 1.35 bits per heavy atom. The quantitative estimate of drug-likeness (QED) is 0.695. The molecule has 2 rings (SSSR count). The largest absolute Gasteiger partial charge is 0.481 e. The van der Waals surface area contributed by atoms with Gasteiger partial charge in [-0.1, -0.05) is 12.1 Å². The zero-order valence-corrected chi connectivity index (χ0v) is 10.9. The summed E-state index contributed by atoms with van der Waals surface area (Å²) in [6.45, 7) is 0.703. The van der Waals surface area contributed by atoms with Gasteiger partial charge in [0.05, 0.1) is 12.1 Å². The van der Waals surface area contributed by atoms with Gasteiger partial charge in [0, 0.05) is 0 Å². The first-order valence-electron chi connectivity index (χ1n) is 6.51. The van der Waals surface area contributed by atoms with Gasteiger partial charge in [0.2, 0.25) is 0 Å². The number of benzene rings is 1. The molecule has 1 aromatic carbocycles. The van der Waals surface area contributed by atoms with Crippen LogP contribution in [-0.2, 0) is 9.59 Å². The third kappa shape index (κ3) is 3.02. The summed E-state index contributed by atoms with van der Waals surface area (Å²) in [5.41, 5.74) is 6.34. The Morgan fingerprint density at radius 3 is 2.50 bits per heavy atom. The van der Waals surface area contributed by atoms with Crippen molar-refractivity contribution in [3.63, 3.8) is 0 Å². The Balaban J connectivity index is 2.21. The van der Waals surface area contributed by atoms with Crippen molar-refractivity contribution in [3.05, 3.63) is 35.6 Å². The van der Waals surface area contributed by atoms with Gasteiger partial charge in [0.25, 0.3) is 0 Å². The molecule has 6 heteroatoms. The monoisotopic (exact) mass is 280 g/mol. The summed E-state index contributed by atoms with van der Waals surface area (Å²) in [6.07, 6.45) is 1.47. The first-order chi connectivity index (χ1) is 9.50. The lowest BCUT2D eigenvalue weighted by molar-refractivity contribution is -0.147. The molecule has 0 radical (unpaired) electrons. The average Bonchev–Trinajstić information content (AvgIpc) is 2.93. The van der Waals surface area contributed by atoms with Crippen LogP contribution in [0.15, 0.2) is 24.3 Å². The summed E-state index contributed by atoms with van der Waals surface area (Å²) < 4.78 is 12.9. The second-order valence-corrected chi connectivity index (χ2v) is 4.94. The van der Waals surface area contributed by atoms with E-state index in [0.717, 1.165) is 6.42 Å². The van der Waals surface area contributed by atoms with E-state index in [2.05, 4.69) is 5.32 Å². The maximum absolute atomic E-state index is 12.9. The van der Waals surface area contributed by atoms with E-state index in [1.165, 1.54) is 24.3 Å². The fourth-order valence-electron chi connectivity index (χ4n) is 2.47. The van der Waals surface area contributed by atoms with Crippen LogP contribution in [0, 0.1) is 11.7 Å². The van der Waals surface area contributed by atoms with Crippen LogP contribution in [0.1, 0.15) is 24.4 Å². The molecule has 1 unspecified atom stereocenters. The number of carboxylic acids is 1. The number of carbonyl (C=O) groups is 2. The minimum atomic E-state index is -1.32. The van der Waals surface area contributed by atoms with Crippen molar-refractivity contribution in [3.8, 4) is 0 Å². The van der Waals surface area contributed by atoms with Crippen molar-refractivity contribution >= 4 is 11.8 Å². The second-order valence-electron chi connectivity index (χ2n) is 4.94. The minimum absolute atomic E-state index is 0.410. The van der Waals surface area contributed by atoms with Gasteiger partial charge in [-0.05, 0) is 37.1 Å². The van der Waals surface area contributed by atoms with Crippen molar-refractivity contribution in [1.82, 2.24) is 5.32 Å². The Morgan fingerprint density at radius 2 is 2.00 bits per heavy atom. The molecular weight excluding hydrogens is 263 g/mol.